The van der Waals surface area contributed by atoms with Crippen LogP contribution >= 0.6 is 0 Å². The maximum absolute atomic E-state index is 4.30. The highest BCUT2D eigenvalue weighted by Gasteiger charge is 2.02. The monoisotopic (exact) mass is 246 g/mol. The van der Waals surface area contributed by atoms with Crippen molar-refractivity contribution in [2.45, 2.75) is 48.5 Å². The largest absolute Gasteiger partial charge is 0.317 e. The molecule has 0 atom stereocenters. The van der Waals surface area contributed by atoms with E-state index in [4.69, 9.17) is 0 Å². The lowest BCUT2D eigenvalue weighted by atomic mass is 10.3. The van der Waals surface area contributed by atoms with Gasteiger partial charge in [0.15, 0.2) is 0 Å². The Morgan fingerprint density at radius 3 is 1.67 bits per heavy atom. The molecule has 0 aromatic carbocycles. The van der Waals surface area contributed by atoms with Crippen LogP contribution in [0.15, 0.2) is 30.5 Å². The molecule has 0 amide bonds. The first kappa shape index (κ1) is 16.4. The predicted molar refractivity (Wildman–Crippen MR) is 80.5 cm³/mol. The molecular weight excluding hydrogens is 220 g/mol. The van der Waals surface area contributed by atoms with Gasteiger partial charge >= 0.3 is 0 Å². The molecule has 0 unspecified atom stereocenters. The van der Waals surface area contributed by atoms with E-state index in [2.05, 4.69) is 41.6 Å². The maximum Gasteiger partial charge on any atom is 0.0638 e. The fraction of sp³-hybridized carbons (Fsp3) is 0.438. The van der Waals surface area contributed by atoms with E-state index < -0.39 is 0 Å². The molecule has 0 aliphatic heterocycles. The maximum atomic E-state index is 4.30. The second-order valence-corrected chi connectivity index (χ2v) is 3.61. The van der Waals surface area contributed by atoms with Crippen molar-refractivity contribution < 1.29 is 0 Å². The summed E-state index contributed by atoms with van der Waals surface area (Å²) in [5.41, 5.74) is 4.67. The molecule has 2 rings (SSSR count). The van der Waals surface area contributed by atoms with Crippen LogP contribution in [0.4, 0.5) is 0 Å². The van der Waals surface area contributed by atoms with Crippen molar-refractivity contribution in [1.29, 1.82) is 0 Å². The summed E-state index contributed by atoms with van der Waals surface area (Å²) >= 11 is 0. The first-order chi connectivity index (χ1) is 8.68. The lowest BCUT2D eigenvalue weighted by molar-refractivity contribution is 0.951. The fourth-order valence-corrected chi connectivity index (χ4v) is 1.67. The average Bonchev–Trinajstić information content (AvgIpc) is 2.75. The molecule has 0 radical (unpaired) electrons. The number of rotatable bonds is 1. The van der Waals surface area contributed by atoms with Gasteiger partial charge in [-0.05, 0) is 45.0 Å². The molecule has 0 fully saturated rings. The van der Waals surface area contributed by atoms with Gasteiger partial charge in [-0.2, -0.15) is 0 Å². The van der Waals surface area contributed by atoms with Gasteiger partial charge in [0.05, 0.1) is 11.9 Å². The summed E-state index contributed by atoms with van der Waals surface area (Å²) in [6.07, 6.45) is 1.91. The Morgan fingerprint density at radius 1 is 0.778 bits per heavy atom. The van der Waals surface area contributed by atoms with Gasteiger partial charge in [0.1, 0.15) is 0 Å². The Hall–Kier alpha value is -1.57. The van der Waals surface area contributed by atoms with Gasteiger partial charge in [-0.15, -0.1) is 0 Å². The van der Waals surface area contributed by atoms with E-state index in [0.29, 0.717) is 0 Å². The Balaban J connectivity index is 0.000000659. The van der Waals surface area contributed by atoms with Crippen molar-refractivity contribution in [3.63, 3.8) is 0 Å². The van der Waals surface area contributed by atoms with E-state index in [9.17, 15) is 0 Å². The van der Waals surface area contributed by atoms with Gasteiger partial charge in [-0.3, -0.25) is 4.98 Å². The molecule has 2 heterocycles. The third-order valence-electron chi connectivity index (χ3n) is 2.43. The highest BCUT2D eigenvalue weighted by molar-refractivity contribution is 5.35. The third-order valence-corrected chi connectivity index (χ3v) is 2.43. The number of pyridine rings is 1. The first-order valence-electron chi connectivity index (χ1n) is 6.76. The van der Waals surface area contributed by atoms with E-state index >= 15 is 0 Å². The number of nitrogens with zero attached hydrogens (tertiary/aromatic N) is 2. The van der Waals surface area contributed by atoms with Crippen LogP contribution in [0.1, 0.15) is 44.8 Å². The molecule has 0 saturated heterocycles. The molecule has 0 saturated carbocycles. The standard InChI is InChI=1S/C12H14N2.2C2H6/c1-9-4-7-12(8-13-9)14-10(2)5-6-11(14)3;2*1-2/h4-8H,1-3H3;2*1-2H3. The Kier molecular flexibility index (Phi) is 7.77. The number of aryl methyl sites for hydroxylation is 3. The third kappa shape index (κ3) is 4.02. The number of hydrogen-bond acceptors (Lipinski definition) is 1. The van der Waals surface area contributed by atoms with E-state index in [-0.39, 0.29) is 0 Å². The molecule has 0 aliphatic rings. The van der Waals surface area contributed by atoms with Crippen LogP contribution in [0.5, 0.6) is 0 Å². The molecule has 0 N–H and O–H groups in total. The van der Waals surface area contributed by atoms with Crippen LogP contribution in [-0.4, -0.2) is 9.55 Å². The zero-order chi connectivity index (χ0) is 14.1. The zero-order valence-electron chi connectivity index (χ0n) is 12.8. The Bertz CT molecular complexity index is 419. The molecule has 18 heavy (non-hydrogen) atoms. The van der Waals surface area contributed by atoms with Gasteiger partial charge in [-0.25, -0.2) is 0 Å². The SMILES string of the molecule is CC.CC.Cc1ccc(-n2c(C)ccc2C)cn1. The predicted octanol–water partition coefficient (Wildman–Crippen LogP) is 4.85. The highest BCUT2D eigenvalue weighted by Crippen LogP contribution is 2.15. The quantitative estimate of drug-likeness (QED) is 0.703. The molecule has 2 aromatic heterocycles. The molecule has 2 nitrogen and oxygen atoms in total. The van der Waals surface area contributed by atoms with Crippen molar-refractivity contribution in [3.05, 3.63) is 47.5 Å². The Morgan fingerprint density at radius 2 is 1.28 bits per heavy atom. The normalized spacial score (nSPS) is 8.83. The van der Waals surface area contributed by atoms with E-state index in [1.807, 2.05) is 46.9 Å². The second-order valence-electron chi connectivity index (χ2n) is 3.61. The highest BCUT2D eigenvalue weighted by atomic mass is 15.0. The summed E-state index contributed by atoms with van der Waals surface area (Å²) in [4.78, 5) is 4.30. The van der Waals surface area contributed by atoms with Gasteiger partial charge in [0, 0.05) is 17.1 Å². The molecule has 2 aromatic rings. The Labute approximate surface area is 112 Å². The lowest BCUT2D eigenvalue weighted by Gasteiger charge is -2.08. The summed E-state index contributed by atoms with van der Waals surface area (Å²) in [5.74, 6) is 0. The molecule has 2 heteroatoms. The molecule has 0 bridgehead atoms. The van der Waals surface area contributed by atoms with E-state index in [0.717, 1.165) is 11.4 Å². The van der Waals surface area contributed by atoms with Gasteiger partial charge in [-0.1, -0.05) is 27.7 Å². The van der Waals surface area contributed by atoms with Crippen molar-refractivity contribution in [3.8, 4) is 5.69 Å². The summed E-state index contributed by atoms with van der Waals surface area (Å²) in [6, 6.07) is 8.38. The topological polar surface area (TPSA) is 17.8 Å². The summed E-state index contributed by atoms with van der Waals surface area (Å²) in [7, 11) is 0. The molecular formula is C16H26N2. The van der Waals surface area contributed by atoms with Crippen LogP contribution in [-0.2, 0) is 0 Å². The van der Waals surface area contributed by atoms with Crippen LogP contribution in [0.25, 0.3) is 5.69 Å². The van der Waals surface area contributed by atoms with Crippen molar-refractivity contribution in [2.75, 3.05) is 0 Å². The molecule has 0 aliphatic carbocycles. The number of aromatic nitrogens is 2. The zero-order valence-corrected chi connectivity index (χ0v) is 12.8. The van der Waals surface area contributed by atoms with Crippen LogP contribution < -0.4 is 0 Å². The second kappa shape index (κ2) is 8.51. The fourth-order valence-electron chi connectivity index (χ4n) is 1.67. The minimum Gasteiger partial charge on any atom is -0.317 e. The minimum absolute atomic E-state index is 1.05. The average molecular weight is 246 g/mol. The van der Waals surface area contributed by atoms with Gasteiger partial charge < -0.3 is 4.57 Å². The van der Waals surface area contributed by atoms with E-state index in [1.54, 1.807) is 0 Å². The van der Waals surface area contributed by atoms with Crippen molar-refractivity contribution in [1.82, 2.24) is 9.55 Å². The lowest BCUT2D eigenvalue weighted by Crippen LogP contribution is -1.99. The van der Waals surface area contributed by atoms with Crippen molar-refractivity contribution in [2.24, 2.45) is 0 Å². The van der Waals surface area contributed by atoms with Crippen LogP contribution in [0.3, 0.4) is 0 Å². The first-order valence-corrected chi connectivity index (χ1v) is 6.76. The molecule has 100 valence electrons. The minimum atomic E-state index is 1.05. The van der Waals surface area contributed by atoms with Crippen LogP contribution in [0.2, 0.25) is 0 Å². The smallest absolute Gasteiger partial charge is 0.0638 e. The summed E-state index contributed by atoms with van der Waals surface area (Å²) in [6.45, 7) is 14.2. The number of hydrogen-bond donors (Lipinski definition) is 0. The summed E-state index contributed by atoms with van der Waals surface area (Å²) in [5, 5.41) is 0. The van der Waals surface area contributed by atoms with Gasteiger partial charge in [0.25, 0.3) is 0 Å². The van der Waals surface area contributed by atoms with Gasteiger partial charge in [0.2, 0.25) is 0 Å². The van der Waals surface area contributed by atoms with E-state index in [1.165, 1.54) is 11.4 Å². The summed E-state index contributed by atoms with van der Waals surface area (Å²) < 4.78 is 2.20. The molecule has 0 spiro atoms. The van der Waals surface area contributed by atoms with Crippen LogP contribution in [0, 0.1) is 20.8 Å². The van der Waals surface area contributed by atoms with Crippen molar-refractivity contribution >= 4 is 0 Å².